The van der Waals surface area contributed by atoms with Crippen LogP contribution in [0.4, 0.5) is 5.82 Å². The van der Waals surface area contributed by atoms with Crippen LogP contribution in [0.1, 0.15) is 99.8 Å². The molecule has 0 aliphatic carbocycles. The highest BCUT2D eigenvalue weighted by molar-refractivity contribution is 7.15. The highest BCUT2D eigenvalue weighted by Crippen LogP contribution is 2.41. The van der Waals surface area contributed by atoms with Gasteiger partial charge in [-0.2, -0.15) is 0 Å². The molecule has 5 aliphatic heterocycles. The number of thiophene rings is 1. The second-order valence-electron chi connectivity index (χ2n) is 20.8. The maximum atomic E-state index is 14.8. The van der Waals surface area contributed by atoms with Crippen molar-refractivity contribution in [1.29, 1.82) is 0 Å². The number of oxime groups is 1. The molecule has 0 radical (unpaired) electrons. The molecule has 5 saturated heterocycles. The minimum Gasteiger partial charge on any atom is -0.459 e. The minimum absolute atomic E-state index is 0.0895. The molecule has 0 spiro atoms. The van der Waals surface area contributed by atoms with Gasteiger partial charge in [0.2, 0.25) is 0 Å². The summed E-state index contributed by atoms with van der Waals surface area (Å²) in [5.41, 5.74) is 3.17. The third-order valence-corrected chi connectivity index (χ3v) is 15.8. The number of aliphatic hydroxyl groups excluding tert-OH is 2. The molecule has 69 heavy (non-hydrogen) atoms. The van der Waals surface area contributed by atoms with E-state index in [1.165, 1.54) is 18.4 Å². The topological polar surface area (TPSA) is 227 Å². The lowest BCUT2D eigenvalue weighted by molar-refractivity contribution is -0.319. The second kappa shape index (κ2) is 23.3. The number of nitrogen functional groups attached to an aromatic ring is 1. The van der Waals surface area contributed by atoms with Gasteiger partial charge in [0, 0.05) is 43.0 Å². The van der Waals surface area contributed by atoms with Crippen molar-refractivity contribution in [2.24, 2.45) is 22.9 Å². The number of esters is 1. The van der Waals surface area contributed by atoms with E-state index in [0.717, 1.165) is 15.4 Å². The van der Waals surface area contributed by atoms with Crippen LogP contribution in [0.15, 0.2) is 35.5 Å². The number of nitrogens with two attached hydrogens (primary N) is 1. The third-order valence-electron chi connectivity index (χ3n) is 14.8. The maximum Gasteiger partial charge on any atom is 0.311 e. The molecular weight excluding hydrogens is 911 g/mol. The number of hydrogen-bond acceptors (Lipinski definition) is 19. The number of aliphatic hydroxyl groups is 3. The predicted molar refractivity (Wildman–Crippen MR) is 261 cm³/mol. The van der Waals surface area contributed by atoms with Crippen molar-refractivity contribution in [2.45, 2.75) is 192 Å². The van der Waals surface area contributed by atoms with E-state index < -0.39 is 89.9 Å². The summed E-state index contributed by atoms with van der Waals surface area (Å²) in [6.45, 7) is 19.0. The fraction of sp³-hybridized carbons (Fsp3) is 0.780. The molecule has 390 valence electrons. The minimum atomic E-state index is -1.69. The Morgan fingerprint density at radius 2 is 1.75 bits per heavy atom. The Morgan fingerprint density at radius 1 is 1.01 bits per heavy atom. The molecule has 0 saturated carbocycles. The largest absolute Gasteiger partial charge is 0.459 e. The van der Waals surface area contributed by atoms with Gasteiger partial charge in [-0.15, -0.1) is 11.3 Å². The first-order chi connectivity index (χ1) is 32.5. The molecule has 2 aromatic heterocycles. The molecule has 0 unspecified atom stereocenters. The van der Waals surface area contributed by atoms with E-state index >= 15 is 0 Å². The molecule has 5 fully saturated rings. The molecule has 2 aromatic rings. The number of hydrogen-bond donors (Lipinski definition) is 5. The van der Waals surface area contributed by atoms with E-state index in [-0.39, 0.29) is 56.8 Å². The number of anilines is 1. The van der Waals surface area contributed by atoms with Crippen LogP contribution < -0.4 is 11.1 Å². The van der Waals surface area contributed by atoms with Crippen molar-refractivity contribution in [1.82, 2.24) is 15.2 Å². The molecule has 0 amide bonds. The van der Waals surface area contributed by atoms with Gasteiger partial charge in [-0.1, -0.05) is 32.0 Å². The number of likely N-dealkylation sites (N-methyl/N-ethyl adjacent to an activating group) is 1. The Bertz CT molecular complexity index is 2010. The smallest absolute Gasteiger partial charge is 0.311 e. The van der Waals surface area contributed by atoms with Crippen molar-refractivity contribution in [3.05, 3.63) is 35.2 Å². The van der Waals surface area contributed by atoms with E-state index in [4.69, 9.17) is 48.5 Å². The predicted octanol–water partition coefficient (Wildman–Crippen LogP) is 4.90. The number of nitrogens with zero attached hydrogens (tertiary/aromatic N) is 3. The van der Waals surface area contributed by atoms with E-state index in [1.807, 2.05) is 77.9 Å². The SMILES string of the molecule is CC[C@H]1OC(=O)[C@H](C)[C@@H](O[C@H]2C[C@@](C)(OC)[C@@H](O)[C@H](C)O2)[C@H](C)[C@@H](O[C@@H]2O[C@H](C)C[C@H](N(C)C)[C@H]2O)[C@@]2(C)C[C@@H](C)NC[C@H](C)[C@H](OC/C(=N\OCc3ccc(-c4cccc(N)n4)s3)CO2)[C@]1(C)O. The van der Waals surface area contributed by atoms with Gasteiger partial charge in [-0.05, 0) is 112 Å². The van der Waals surface area contributed by atoms with Crippen LogP contribution in [0.25, 0.3) is 10.6 Å². The summed E-state index contributed by atoms with van der Waals surface area (Å²) in [6, 6.07) is 8.93. The van der Waals surface area contributed by atoms with Crippen molar-refractivity contribution < 1.29 is 62.8 Å². The number of ether oxygens (including phenoxy) is 8. The van der Waals surface area contributed by atoms with Crippen molar-refractivity contribution in [3.8, 4) is 10.6 Å². The molecule has 2 bridgehead atoms. The summed E-state index contributed by atoms with van der Waals surface area (Å²) in [7, 11) is 5.37. The lowest BCUT2D eigenvalue weighted by Crippen LogP contribution is -2.61. The van der Waals surface area contributed by atoms with Crippen LogP contribution in [0.2, 0.25) is 0 Å². The second-order valence-corrected chi connectivity index (χ2v) is 22.0. The number of methoxy groups -OCH3 is 1. The normalized spacial score (nSPS) is 41.7. The van der Waals surface area contributed by atoms with Gasteiger partial charge >= 0.3 is 5.97 Å². The number of rotatable bonds is 11. The van der Waals surface area contributed by atoms with Crippen molar-refractivity contribution in [2.75, 3.05) is 46.7 Å². The first kappa shape index (κ1) is 55.4. The zero-order valence-corrected chi connectivity index (χ0v) is 43.8. The van der Waals surface area contributed by atoms with Gasteiger partial charge in [0.25, 0.3) is 0 Å². The standard InChI is InChI=1S/C50H81N5O13S/c1-14-38-50(10,59)44-27(2)23-52-28(3)21-49(9,62-25-33(24-61-44)54-63-26-34-18-19-37(69-34)35-16-15-17-39(51)53-35)45(68-47-41(56)36(55(11)12)20-29(4)64-47)30(5)42(31(6)46(58)66-38)67-40-22-48(8,60-13)43(57)32(7)65-40/h15-19,27-32,36,38,40-45,47,52,56-57,59H,14,20-26H2,1-13H3,(H2,51,53)/b54-33+/t27-,28+,29+,30-,31+,32-,36-,38+,40-,41+,42-,43-,44-,45+,47-,48+,49+,50+/m0/s1. The number of carbonyl (C=O) groups excluding carboxylic acids is 1. The quantitative estimate of drug-likeness (QED) is 0.149. The van der Waals surface area contributed by atoms with Crippen LogP contribution in [-0.4, -0.2) is 168 Å². The Balaban J connectivity index is 1.46. The number of fused-ring (bicyclic) bond motifs is 15. The average molecular weight is 992 g/mol. The maximum absolute atomic E-state index is 14.8. The molecule has 18 atom stereocenters. The summed E-state index contributed by atoms with van der Waals surface area (Å²) in [5.74, 6) is -2.18. The summed E-state index contributed by atoms with van der Waals surface area (Å²) >= 11 is 1.51. The van der Waals surface area contributed by atoms with Crippen molar-refractivity contribution >= 4 is 28.8 Å². The average Bonchev–Trinajstić information content (AvgIpc) is 3.77. The molecule has 5 aliphatic rings. The van der Waals surface area contributed by atoms with E-state index in [2.05, 4.69) is 22.4 Å². The zero-order chi connectivity index (χ0) is 50.6. The Labute approximate surface area is 412 Å². The van der Waals surface area contributed by atoms with E-state index in [0.29, 0.717) is 30.9 Å². The number of carbonyl (C=O) groups is 1. The molecule has 19 heteroatoms. The zero-order valence-electron chi connectivity index (χ0n) is 43.0. The molecular formula is C50H81N5O13S. The third kappa shape index (κ3) is 13.0. The van der Waals surface area contributed by atoms with Crippen LogP contribution >= 0.6 is 11.3 Å². The molecule has 18 nitrogen and oxygen atoms in total. The van der Waals surface area contributed by atoms with Gasteiger partial charge < -0.3 is 74.0 Å². The van der Waals surface area contributed by atoms with Crippen molar-refractivity contribution in [3.63, 3.8) is 0 Å². The fourth-order valence-electron chi connectivity index (χ4n) is 10.7. The number of aromatic nitrogens is 1. The van der Waals surface area contributed by atoms with E-state index in [9.17, 15) is 20.1 Å². The number of pyridine rings is 1. The molecule has 6 N–H and O–H groups in total. The fourth-order valence-corrected chi connectivity index (χ4v) is 11.6. The van der Waals surface area contributed by atoms with Gasteiger partial charge in [0.15, 0.2) is 19.2 Å². The van der Waals surface area contributed by atoms with Gasteiger partial charge in [0.05, 0.1) is 71.4 Å². The summed E-state index contributed by atoms with van der Waals surface area (Å²) < 4.78 is 53.0. The highest BCUT2D eigenvalue weighted by Gasteiger charge is 2.54. The Kier molecular flexibility index (Phi) is 18.7. The summed E-state index contributed by atoms with van der Waals surface area (Å²) in [6.07, 6.45) is -7.49. The van der Waals surface area contributed by atoms with Gasteiger partial charge in [-0.3, -0.25) is 4.79 Å². The van der Waals surface area contributed by atoms with Crippen LogP contribution in [0.5, 0.6) is 0 Å². The van der Waals surface area contributed by atoms with Gasteiger partial charge in [0.1, 0.15) is 35.4 Å². The summed E-state index contributed by atoms with van der Waals surface area (Å²) in [4.78, 5) is 29.1. The first-order valence-corrected chi connectivity index (χ1v) is 25.4. The van der Waals surface area contributed by atoms with Crippen LogP contribution in [0, 0.1) is 17.8 Å². The lowest BCUT2D eigenvalue weighted by Gasteiger charge is -2.50. The van der Waals surface area contributed by atoms with Crippen LogP contribution in [-0.2, 0) is 54.1 Å². The van der Waals surface area contributed by atoms with Gasteiger partial charge in [-0.25, -0.2) is 4.98 Å². The molecule has 7 rings (SSSR count). The monoisotopic (exact) mass is 992 g/mol. The molecule has 0 aromatic carbocycles. The van der Waals surface area contributed by atoms with E-state index in [1.54, 1.807) is 33.8 Å². The molecule has 7 heterocycles. The first-order valence-electron chi connectivity index (χ1n) is 24.6. The Morgan fingerprint density at radius 3 is 2.43 bits per heavy atom. The number of nitrogens with one attached hydrogen (secondary N) is 1. The van der Waals surface area contributed by atoms with Crippen LogP contribution in [0.3, 0.4) is 0 Å². The lowest BCUT2D eigenvalue weighted by atomic mass is 9.78. The Hall–Kier alpha value is -2.89. The summed E-state index contributed by atoms with van der Waals surface area (Å²) in [5, 5.41) is 44.1. The highest BCUT2D eigenvalue weighted by atomic mass is 32.1.